The summed E-state index contributed by atoms with van der Waals surface area (Å²) in [6.45, 7) is 0. The highest BCUT2D eigenvalue weighted by Gasteiger charge is 2.15. The van der Waals surface area contributed by atoms with E-state index in [4.69, 9.17) is 0 Å². The molecule has 16 heavy (non-hydrogen) atoms. The lowest BCUT2D eigenvalue weighted by atomic mass is 10.1. The molecule has 0 amide bonds. The summed E-state index contributed by atoms with van der Waals surface area (Å²) in [5.41, 5.74) is 0.104. The van der Waals surface area contributed by atoms with Gasteiger partial charge >= 0.3 is 0 Å². The highest BCUT2D eigenvalue weighted by Crippen LogP contribution is 2.26. The van der Waals surface area contributed by atoms with E-state index in [0.29, 0.717) is 6.42 Å². The van der Waals surface area contributed by atoms with E-state index >= 15 is 0 Å². The van der Waals surface area contributed by atoms with Gasteiger partial charge in [-0.2, -0.15) is 0 Å². The first-order valence-corrected chi connectivity index (χ1v) is 6.30. The number of pyridine rings is 1. The van der Waals surface area contributed by atoms with Gasteiger partial charge in [-0.05, 0) is 40.2 Å². The minimum absolute atomic E-state index is 0.104. The van der Waals surface area contributed by atoms with Gasteiger partial charge in [-0.25, -0.2) is 4.39 Å². The number of aromatic nitrogens is 1. The summed E-state index contributed by atoms with van der Waals surface area (Å²) in [5, 5.41) is 9.85. The molecule has 0 saturated carbocycles. The summed E-state index contributed by atoms with van der Waals surface area (Å²) in [6.07, 6.45) is 0.961. The lowest BCUT2D eigenvalue weighted by Crippen LogP contribution is -2.05. The number of thiophene rings is 1. The SMILES string of the molecule is OC(Cc1ccc(Br)s1)c1ncccc1F. The van der Waals surface area contributed by atoms with Crippen molar-refractivity contribution in [3.05, 3.63) is 50.6 Å². The largest absolute Gasteiger partial charge is 0.386 e. The summed E-state index contributed by atoms with van der Waals surface area (Å²) in [6, 6.07) is 6.61. The Labute approximate surface area is 105 Å². The maximum absolute atomic E-state index is 13.3. The van der Waals surface area contributed by atoms with Crippen LogP contribution in [0.15, 0.2) is 34.2 Å². The third-order valence-corrected chi connectivity index (χ3v) is 3.77. The predicted molar refractivity (Wildman–Crippen MR) is 64.9 cm³/mol. The van der Waals surface area contributed by atoms with Crippen molar-refractivity contribution in [2.75, 3.05) is 0 Å². The molecule has 2 aromatic heterocycles. The Morgan fingerprint density at radius 1 is 1.44 bits per heavy atom. The highest BCUT2D eigenvalue weighted by atomic mass is 79.9. The Morgan fingerprint density at radius 2 is 2.25 bits per heavy atom. The lowest BCUT2D eigenvalue weighted by Gasteiger charge is -2.08. The van der Waals surface area contributed by atoms with Crippen LogP contribution in [-0.4, -0.2) is 10.1 Å². The fourth-order valence-electron chi connectivity index (χ4n) is 1.39. The average Bonchev–Trinajstić information content (AvgIpc) is 2.64. The van der Waals surface area contributed by atoms with Crippen LogP contribution in [0.25, 0.3) is 0 Å². The zero-order chi connectivity index (χ0) is 11.5. The van der Waals surface area contributed by atoms with Crippen LogP contribution in [0.4, 0.5) is 4.39 Å². The van der Waals surface area contributed by atoms with Crippen molar-refractivity contribution >= 4 is 27.3 Å². The molecule has 5 heteroatoms. The van der Waals surface area contributed by atoms with Crippen molar-refractivity contribution in [1.82, 2.24) is 4.98 Å². The molecular weight excluding hydrogens is 293 g/mol. The Kier molecular flexibility index (Phi) is 3.68. The number of aliphatic hydroxyl groups excluding tert-OH is 1. The predicted octanol–water partition coefficient (Wildman–Crippen LogP) is 3.32. The van der Waals surface area contributed by atoms with Crippen molar-refractivity contribution in [2.24, 2.45) is 0 Å². The lowest BCUT2D eigenvalue weighted by molar-refractivity contribution is 0.169. The number of halogens is 2. The van der Waals surface area contributed by atoms with Gasteiger partial charge in [0, 0.05) is 17.5 Å². The molecule has 0 radical (unpaired) electrons. The van der Waals surface area contributed by atoms with Gasteiger partial charge in [0.15, 0.2) is 0 Å². The molecule has 0 saturated heterocycles. The van der Waals surface area contributed by atoms with Gasteiger partial charge in [0.2, 0.25) is 0 Å². The monoisotopic (exact) mass is 301 g/mol. The zero-order valence-electron chi connectivity index (χ0n) is 8.23. The number of hydrogen-bond acceptors (Lipinski definition) is 3. The van der Waals surface area contributed by atoms with Crippen molar-refractivity contribution in [1.29, 1.82) is 0 Å². The Hall–Kier alpha value is -0.780. The Bertz CT molecular complexity index is 488. The highest BCUT2D eigenvalue weighted by molar-refractivity contribution is 9.11. The Balaban J connectivity index is 2.14. The van der Waals surface area contributed by atoms with E-state index in [1.807, 2.05) is 12.1 Å². The van der Waals surface area contributed by atoms with E-state index in [1.54, 1.807) is 0 Å². The number of hydrogen-bond donors (Lipinski definition) is 1. The van der Waals surface area contributed by atoms with Crippen LogP contribution in [0, 0.1) is 5.82 Å². The van der Waals surface area contributed by atoms with Crippen LogP contribution in [0.5, 0.6) is 0 Å². The summed E-state index contributed by atoms with van der Waals surface area (Å²) in [7, 11) is 0. The van der Waals surface area contributed by atoms with Gasteiger partial charge in [-0.3, -0.25) is 4.98 Å². The third kappa shape index (κ3) is 2.66. The number of nitrogens with zero attached hydrogens (tertiary/aromatic N) is 1. The second-order valence-corrected chi connectivity index (χ2v) is 5.84. The van der Waals surface area contributed by atoms with E-state index in [2.05, 4.69) is 20.9 Å². The van der Waals surface area contributed by atoms with Crippen LogP contribution in [-0.2, 0) is 6.42 Å². The fourth-order valence-corrected chi connectivity index (χ4v) is 2.91. The van der Waals surface area contributed by atoms with Crippen molar-refractivity contribution < 1.29 is 9.50 Å². The maximum atomic E-state index is 13.3. The minimum atomic E-state index is -0.897. The maximum Gasteiger partial charge on any atom is 0.147 e. The molecule has 2 rings (SSSR count). The number of rotatable bonds is 3. The van der Waals surface area contributed by atoms with E-state index < -0.39 is 11.9 Å². The zero-order valence-corrected chi connectivity index (χ0v) is 10.6. The first-order valence-electron chi connectivity index (χ1n) is 4.69. The molecule has 0 aromatic carbocycles. The molecule has 1 unspecified atom stereocenters. The van der Waals surface area contributed by atoms with E-state index in [0.717, 1.165) is 8.66 Å². The molecule has 1 N–H and O–H groups in total. The summed E-state index contributed by atoms with van der Waals surface area (Å²) < 4.78 is 14.3. The summed E-state index contributed by atoms with van der Waals surface area (Å²) in [5.74, 6) is -0.467. The second-order valence-electron chi connectivity index (χ2n) is 3.30. The summed E-state index contributed by atoms with van der Waals surface area (Å²) in [4.78, 5) is 4.84. The van der Waals surface area contributed by atoms with Gasteiger partial charge < -0.3 is 5.11 Å². The van der Waals surface area contributed by atoms with Crippen molar-refractivity contribution in [3.63, 3.8) is 0 Å². The second kappa shape index (κ2) is 5.03. The fraction of sp³-hybridized carbons (Fsp3) is 0.182. The molecule has 2 aromatic rings. The van der Waals surface area contributed by atoms with Crippen LogP contribution in [0.3, 0.4) is 0 Å². The quantitative estimate of drug-likeness (QED) is 0.943. The average molecular weight is 302 g/mol. The molecule has 2 nitrogen and oxygen atoms in total. The standard InChI is InChI=1S/C11H9BrFNOS/c12-10-4-3-7(16-10)6-9(15)11-8(13)2-1-5-14-11/h1-5,9,15H,6H2. The van der Waals surface area contributed by atoms with Gasteiger partial charge in [0.1, 0.15) is 17.6 Å². The first-order chi connectivity index (χ1) is 7.66. The molecule has 0 fully saturated rings. The van der Waals surface area contributed by atoms with Crippen LogP contribution < -0.4 is 0 Å². The topological polar surface area (TPSA) is 33.1 Å². The Morgan fingerprint density at radius 3 is 2.88 bits per heavy atom. The van der Waals surface area contributed by atoms with Crippen molar-refractivity contribution in [3.8, 4) is 0 Å². The van der Waals surface area contributed by atoms with Crippen LogP contribution in [0.2, 0.25) is 0 Å². The van der Waals surface area contributed by atoms with Crippen LogP contribution >= 0.6 is 27.3 Å². The van der Waals surface area contributed by atoms with Gasteiger partial charge in [-0.15, -0.1) is 11.3 Å². The molecule has 0 aliphatic heterocycles. The van der Waals surface area contributed by atoms with E-state index in [1.165, 1.54) is 29.7 Å². The van der Waals surface area contributed by atoms with Gasteiger partial charge in [0.25, 0.3) is 0 Å². The van der Waals surface area contributed by atoms with Gasteiger partial charge in [0.05, 0.1) is 3.79 Å². The molecule has 0 spiro atoms. The summed E-state index contributed by atoms with van der Waals surface area (Å²) >= 11 is 4.86. The van der Waals surface area contributed by atoms with Crippen LogP contribution in [0.1, 0.15) is 16.7 Å². The molecule has 0 bridgehead atoms. The smallest absolute Gasteiger partial charge is 0.147 e. The van der Waals surface area contributed by atoms with E-state index in [-0.39, 0.29) is 5.69 Å². The third-order valence-electron chi connectivity index (χ3n) is 2.13. The molecule has 1 atom stereocenters. The van der Waals surface area contributed by atoms with Crippen molar-refractivity contribution in [2.45, 2.75) is 12.5 Å². The molecule has 0 aliphatic carbocycles. The molecule has 2 heterocycles. The molecule has 84 valence electrons. The normalized spacial score (nSPS) is 12.7. The molecular formula is C11H9BrFNOS. The number of aliphatic hydroxyl groups is 1. The molecule has 0 aliphatic rings. The van der Waals surface area contributed by atoms with E-state index in [9.17, 15) is 9.50 Å². The minimum Gasteiger partial charge on any atom is -0.386 e. The van der Waals surface area contributed by atoms with Gasteiger partial charge in [-0.1, -0.05) is 0 Å². The first kappa shape index (κ1) is 11.7.